The number of carbonyl (C=O) groups excluding carboxylic acids is 1. The second-order valence-electron chi connectivity index (χ2n) is 5.51. The molecule has 0 fully saturated rings. The zero-order chi connectivity index (χ0) is 17.9. The van der Waals surface area contributed by atoms with E-state index in [-0.39, 0.29) is 30.5 Å². The van der Waals surface area contributed by atoms with Crippen LogP contribution in [-0.4, -0.2) is 34.4 Å². The van der Waals surface area contributed by atoms with Crippen molar-refractivity contribution in [1.82, 2.24) is 4.57 Å². The SMILES string of the molecule is CC(=O)c1cc(C(N)=NCCO)c(Nc2ccc(C)cc2F)n1C. The molecule has 1 aromatic heterocycles. The molecule has 0 aliphatic heterocycles. The number of carbonyl (C=O) groups is 1. The van der Waals surface area contributed by atoms with E-state index in [0.29, 0.717) is 17.1 Å². The average molecular weight is 332 g/mol. The van der Waals surface area contributed by atoms with Gasteiger partial charge in [0, 0.05) is 14.0 Å². The molecule has 1 heterocycles. The van der Waals surface area contributed by atoms with E-state index in [2.05, 4.69) is 10.3 Å². The first kappa shape index (κ1) is 17.7. The van der Waals surface area contributed by atoms with Gasteiger partial charge in [0.05, 0.1) is 30.1 Å². The summed E-state index contributed by atoms with van der Waals surface area (Å²) in [7, 11) is 1.69. The van der Waals surface area contributed by atoms with Gasteiger partial charge < -0.3 is 20.7 Å². The number of aryl methyl sites for hydroxylation is 1. The molecule has 0 unspecified atom stereocenters. The normalized spacial score (nSPS) is 11.6. The number of anilines is 2. The van der Waals surface area contributed by atoms with E-state index >= 15 is 0 Å². The Hall–Kier alpha value is -2.67. The number of benzene rings is 1. The lowest BCUT2D eigenvalue weighted by Gasteiger charge is -2.12. The number of amidine groups is 1. The van der Waals surface area contributed by atoms with Crippen molar-refractivity contribution in [3.05, 3.63) is 46.9 Å². The molecule has 0 bridgehead atoms. The Morgan fingerprint density at radius 1 is 1.42 bits per heavy atom. The number of rotatable bonds is 6. The number of nitrogens with zero attached hydrogens (tertiary/aromatic N) is 2. The Morgan fingerprint density at radius 3 is 2.71 bits per heavy atom. The van der Waals surface area contributed by atoms with Gasteiger partial charge in [-0.2, -0.15) is 0 Å². The number of nitrogens with one attached hydrogen (secondary N) is 1. The van der Waals surface area contributed by atoms with E-state index in [1.54, 1.807) is 36.7 Å². The number of hydrogen-bond donors (Lipinski definition) is 3. The Bertz CT molecular complexity index is 796. The number of aliphatic imine (C=N–C) groups is 1. The van der Waals surface area contributed by atoms with Crippen molar-refractivity contribution in [1.29, 1.82) is 0 Å². The molecule has 0 saturated carbocycles. The third kappa shape index (κ3) is 3.62. The Kier molecular flexibility index (Phi) is 5.35. The number of nitrogens with two attached hydrogens (primary N) is 1. The van der Waals surface area contributed by atoms with E-state index < -0.39 is 5.82 Å². The highest BCUT2D eigenvalue weighted by Gasteiger charge is 2.19. The molecule has 4 N–H and O–H groups in total. The zero-order valence-corrected chi connectivity index (χ0v) is 13.9. The van der Waals surface area contributed by atoms with Gasteiger partial charge in [-0.15, -0.1) is 0 Å². The Morgan fingerprint density at radius 2 is 2.12 bits per heavy atom. The first-order valence-electron chi connectivity index (χ1n) is 7.50. The molecule has 7 heteroatoms. The fraction of sp³-hybridized carbons (Fsp3) is 0.294. The largest absolute Gasteiger partial charge is 0.394 e. The van der Waals surface area contributed by atoms with Gasteiger partial charge in [-0.25, -0.2) is 4.39 Å². The fourth-order valence-corrected chi connectivity index (χ4v) is 2.39. The second kappa shape index (κ2) is 7.27. The topological polar surface area (TPSA) is 92.6 Å². The molecular formula is C17H21FN4O2. The van der Waals surface area contributed by atoms with Crippen LogP contribution in [0.5, 0.6) is 0 Å². The van der Waals surface area contributed by atoms with Gasteiger partial charge in [0.25, 0.3) is 0 Å². The smallest absolute Gasteiger partial charge is 0.176 e. The highest BCUT2D eigenvalue weighted by atomic mass is 19.1. The van der Waals surface area contributed by atoms with Crippen LogP contribution in [0.15, 0.2) is 29.3 Å². The van der Waals surface area contributed by atoms with Crippen LogP contribution in [0, 0.1) is 12.7 Å². The molecule has 0 radical (unpaired) electrons. The predicted molar refractivity (Wildman–Crippen MR) is 92.5 cm³/mol. The van der Waals surface area contributed by atoms with Crippen molar-refractivity contribution in [3.8, 4) is 0 Å². The molecular weight excluding hydrogens is 311 g/mol. The maximum atomic E-state index is 14.1. The molecule has 0 amide bonds. The lowest BCUT2D eigenvalue weighted by Crippen LogP contribution is -2.16. The summed E-state index contributed by atoms with van der Waals surface area (Å²) >= 11 is 0. The van der Waals surface area contributed by atoms with E-state index in [9.17, 15) is 9.18 Å². The number of ketones is 1. The molecule has 2 aromatic rings. The summed E-state index contributed by atoms with van der Waals surface area (Å²) in [5, 5.41) is 11.9. The first-order chi connectivity index (χ1) is 11.3. The number of aliphatic hydroxyl groups excluding tert-OH is 1. The van der Waals surface area contributed by atoms with E-state index in [1.807, 2.05) is 0 Å². The maximum absolute atomic E-state index is 14.1. The summed E-state index contributed by atoms with van der Waals surface area (Å²) in [4.78, 5) is 15.8. The van der Waals surface area contributed by atoms with Crippen molar-refractivity contribution in [2.45, 2.75) is 13.8 Å². The molecule has 0 aliphatic carbocycles. The van der Waals surface area contributed by atoms with Crippen LogP contribution in [0.25, 0.3) is 0 Å². The van der Waals surface area contributed by atoms with Crippen LogP contribution >= 0.6 is 0 Å². The summed E-state index contributed by atoms with van der Waals surface area (Å²) in [6.07, 6.45) is 0. The molecule has 24 heavy (non-hydrogen) atoms. The highest BCUT2D eigenvalue weighted by molar-refractivity contribution is 6.06. The van der Waals surface area contributed by atoms with Crippen LogP contribution in [0.1, 0.15) is 28.5 Å². The van der Waals surface area contributed by atoms with E-state index in [0.717, 1.165) is 5.56 Å². The Balaban J connectivity index is 2.52. The van der Waals surface area contributed by atoms with Crippen molar-refractivity contribution < 1.29 is 14.3 Å². The highest BCUT2D eigenvalue weighted by Crippen LogP contribution is 2.27. The van der Waals surface area contributed by atoms with Gasteiger partial charge in [0.1, 0.15) is 17.5 Å². The lowest BCUT2D eigenvalue weighted by molar-refractivity contribution is 0.101. The summed E-state index contributed by atoms with van der Waals surface area (Å²) in [5.41, 5.74) is 7.94. The van der Waals surface area contributed by atoms with Gasteiger partial charge in [-0.1, -0.05) is 6.07 Å². The molecule has 6 nitrogen and oxygen atoms in total. The molecule has 0 saturated heterocycles. The molecule has 128 valence electrons. The van der Waals surface area contributed by atoms with Crippen molar-refractivity contribution in [3.63, 3.8) is 0 Å². The second-order valence-corrected chi connectivity index (χ2v) is 5.51. The van der Waals surface area contributed by atoms with E-state index in [1.165, 1.54) is 13.0 Å². The maximum Gasteiger partial charge on any atom is 0.176 e. The van der Waals surface area contributed by atoms with Crippen LogP contribution < -0.4 is 11.1 Å². The molecule has 0 spiro atoms. The monoisotopic (exact) mass is 332 g/mol. The fourth-order valence-electron chi connectivity index (χ4n) is 2.39. The number of aromatic nitrogens is 1. The summed E-state index contributed by atoms with van der Waals surface area (Å²) < 4.78 is 15.7. The van der Waals surface area contributed by atoms with Crippen molar-refractivity contribution >= 4 is 23.1 Å². The van der Waals surface area contributed by atoms with E-state index in [4.69, 9.17) is 10.8 Å². The minimum absolute atomic E-state index is 0.136. The van der Waals surface area contributed by atoms with Crippen LogP contribution in [0.3, 0.4) is 0 Å². The third-order valence-corrected chi connectivity index (χ3v) is 3.63. The quantitative estimate of drug-likeness (QED) is 0.429. The van der Waals surface area contributed by atoms with Crippen LogP contribution in [0.4, 0.5) is 15.9 Å². The third-order valence-electron chi connectivity index (χ3n) is 3.63. The molecule has 1 aromatic carbocycles. The molecule has 0 aliphatic rings. The van der Waals surface area contributed by atoms with Gasteiger partial charge in [-0.3, -0.25) is 9.79 Å². The lowest BCUT2D eigenvalue weighted by atomic mass is 10.2. The van der Waals surface area contributed by atoms with Crippen molar-refractivity contribution in [2.24, 2.45) is 17.8 Å². The summed E-state index contributed by atoms with van der Waals surface area (Å²) in [5.74, 6) is 0.0767. The van der Waals surface area contributed by atoms with Gasteiger partial charge >= 0.3 is 0 Å². The minimum Gasteiger partial charge on any atom is -0.394 e. The Labute approximate surface area is 139 Å². The summed E-state index contributed by atoms with van der Waals surface area (Å²) in [6, 6.07) is 6.42. The average Bonchev–Trinajstić information content (AvgIpc) is 2.85. The van der Waals surface area contributed by atoms with Gasteiger partial charge in [0.15, 0.2) is 5.78 Å². The first-order valence-corrected chi connectivity index (χ1v) is 7.50. The standard InChI is InChI=1S/C17H21FN4O2/c1-10-4-5-14(13(18)8-10)21-17-12(16(19)20-6-7-23)9-15(11(2)24)22(17)3/h4-5,8-9,21,23H,6-7H2,1-3H3,(H2,19,20). The predicted octanol–water partition coefficient (Wildman–Crippen LogP) is 2.12. The molecule has 0 atom stereocenters. The number of Topliss-reactive ketones (excluding diaryl/α,β-unsaturated/α-hetero) is 1. The minimum atomic E-state index is -0.405. The van der Waals surface area contributed by atoms with Crippen LogP contribution in [0.2, 0.25) is 0 Å². The van der Waals surface area contributed by atoms with Gasteiger partial charge in [0.2, 0.25) is 0 Å². The molecule has 2 rings (SSSR count). The van der Waals surface area contributed by atoms with Gasteiger partial charge in [-0.05, 0) is 30.7 Å². The van der Waals surface area contributed by atoms with Crippen molar-refractivity contribution in [2.75, 3.05) is 18.5 Å². The number of hydrogen-bond acceptors (Lipinski definition) is 4. The number of aliphatic hydroxyl groups is 1. The number of halogens is 1. The zero-order valence-electron chi connectivity index (χ0n) is 13.9. The van der Waals surface area contributed by atoms with Crippen LogP contribution in [-0.2, 0) is 7.05 Å². The summed E-state index contributed by atoms with van der Waals surface area (Å²) in [6.45, 7) is 3.25.